The number of hydrogen-bond donors (Lipinski definition) is 0. The lowest BCUT2D eigenvalue weighted by molar-refractivity contribution is -0.131. The summed E-state index contributed by atoms with van der Waals surface area (Å²) in [4.78, 5) is 18.1. The molecule has 0 bridgehead atoms. The summed E-state index contributed by atoms with van der Waals surface area (Å²) < 4.78 is 14.6. The van der Waals surface area contributed by atoms with Crippen LogP contribution in [0.25, 0.3) is 5.69 Å². The zero-order valence-electron chi connectivity index (χ0n) is 14.1. The zero-order valence-corrected chi connectivity index (χ0v) is 14.1. The zero-order chi connectivity index (χ0) is 17.8. The lowest BCUT2D eigenvalue weighted by Crippen LogP contribution is -2.31. The van der Waals surface area contributed by atoms with Crippen LogP contribution in [0, 0.1) is 5.82 Å². The summed E-state index contributed by atoms with van der Waals surface area (Å²) in [6, 6.07) is 13.8. The van der Waals surface area contributed by atoms with Gasteiger partial charge in [-0.1, -0.05) is 24.3 Å². The summed E-state index contributed by atoms with van der Waals surface area (Å²) in [5.41, 5.74) is 2.74. The average molecular weight is 338 g/mol. The van der Waals surface area contributed by atoms with Gasteiger partial charge in [-0.05, 0) is 42.3 Å². The Hall–Kier alpha value is -3.02. The van der Waals surface area contributed by atoms with E-state index < -0.39 is 0 Å². The average Bonchev–Trinajstić information content (AvgIpc) is 3.17. The molecule has 0 N–H and O–H groups in total. The van der Waals surface area contributed by atoms with Crippen LogP contribution in [0.15, 0.2) is 61.2 Å². The second-order valence-electron chi connectivity index (χ2n) is 5.92. The molecule has 3 aromatic rings. The number of likely N-dealkylation sites (N-methyl/N-ethyl adjacent to an activating group) is 1. The minimum Gasteiger partial charge on any atom is -0.339 e. The fourth-order valence-electron chi connectivity index (χ4n) is 2.59. The number of rotatable bonds is 5. The Morgan fingerprint density at radius 3 is 2.44 bits per heavy atom. The van der Waals surface area contributed by atoms with Crippen LogP contribution in [0.5, 0.6) is 0 Å². The van der Waals surface area contributed by atoms with E-state index in [1.54, 1.807) is 35.1 Å². The Balaban J connectivity index is 1.67. The molecule has 0 saturated carbocycles. The van der Waals surface area contributed by atoms with Gasteiger partial charge in [-0.3, -0.25) is 4.79 Å². The first-order chi connectivity index (χ1) is 12.0. The molecule has 0 fully saturated rings. The predicted octanol–water partition coefficient (Wildman–Crippen LogP) is 3.17. The number of amides is 1. The summed E-state index contributed by atoms with van der Waals surface area (Å²) in [7, 11) is 1.78. The van der Waals surface area contributed by atoms with Crippen molar-refractivity contribution in [3.63, 3.8) is 0 Å². The molecule has 6 heteroatoms. The van der Waals surface area contributed by atoms with Crippen molar-refractivity contribution in [2.75, 3.05) is 7.05 Å². The number of halogens is 1. The van der Waals surface area contributed by atoms with Crippen LogP contribution in [0.2, 0.25) is 0 Å². The Morgan fingerprint density at radius 2 is 1.84 bits per heavy atom. The third kappa shape index (κ3) is 3.91. The molecule has 3 rings (SSSR count). The third-order valence-corrected chi connectivity index (χ3v) is 4.30. The summed E-state index contributed by atoms with van der Waals surface area (Å²) in [5.74, 6) is -0.315. The first-order valence-corrected chi connectivity index (χ1v) is 7.99. The van der Waals surface area contributed by atoms with E-state index in [1.165, 1.54) is 18.5 Å². The van der Waals surface area contributed by atoms with Gasteiger partial charge in [0, 0.05) is 7.05 Å². The molecule has 25 heavy (non-hydrogen) atoms. The topological polar surface area (TPSA) is 51.0 Å². The summed E-state index contributed by atoms with van der Waals surface area (Å²) in [6.07, 6.45) is 3.37. The molecule has 0 spiro atoms. The standard InChI is InChI=1S/C19H19FN4O/c1-14(16-5-9-18(10-6-16)24-13-21-12-22-24)23(2)19(25)11-15-3-7-17(20)8-4-15/h3-10,12-14H,11H2,1-2H3/t14-/m0/s1. The molecule has 0 aliphatic rings. The predicted molar refractivity (Wildman–Crippen MR) is 92.6 cm³/mol. The van der Waals surface area contributed by atoms with Gasteiger partial charge in [0.25, 0.3) is 0 Å². The normalized spacial score (nSPS) is 12.0. The van der Waals surface area contributed by atoms with Crippen LogP contribution in [0.4, 0.5) is 4.39 Å². The molecule has 2 aromatic carbocycles. The van der Waals surface area contributed by atoms with Gasteiger partial charge in [-0.2, -0.15) is 5.10 Å². The molecular formula is C19H19FN4O. The van der Waals surface area contributed by atoms with Crippen molar-refractivity contribution in [3.8, 4) is 5.69 Å². The Labute approximate surface area is 145 Å². The van der Waals surface area contributed by atoms with Crippen molar-refractivity contribution in [2.24, 2.45) is 0 Å². The molecule has 0 aliphatic heterocycles. The Kier molecular flexibility index (Phi) is 4.88. The molecule has 0 radical (unpaired) electrons. The van der Waals surface area contributed by atoms with Crippen LogP contribution in [-0.4, -0.2) is 32.6 Å². The van der Waals surface area contributed by atoms with E-state index in [9.17, 15) is 9.18 Å². The highest BCUT2D eigenvalue weighted by molar-refractivity contribution is 5.79. The first-order valence-electron chi connectivity index (χ1n) is 7.99. The number of nitrogens with zero attached hydrogens (tertiary/aromatic N) is 4. The molecule has 0 aliphatic carbocycles. The molecule has 1 amide bonds. The molecule has 0 saturated heterocycles. The lowest BCUT2D eigenvalue weighted by Gasteiger charge is -2.25. The highest BCUT2D eigenvalue weighted by Gasteiger charge is 2.17. The van der Waals surface area contributed by atoms with E-state index in [2.05, 4.69) is 10.1 Å². The van der Waals surface area contributed by atoms with Gasteiger partial charge in [0.1, 0.15) is 18.5 Å². The van der Waals surface area contributed by atoms with E-state index in [4.69, 9.17) is 0 Å². The van der Waals surface area contributed by atoms with Crippen molar-refractivity contribution in [1.82, 2.24) is 19.7 Å². The Bertz CT molecular complexity index is 829. The largest absolute Gasteiger partial charge is 0.339 e. The van der Waals surface area contributed by atoms with Gasteiger partial charge in [0.2, 0.25) is 5.91 Å². The van der Waals surface area contributed by atoms with E-state index >= 15 is 0 Å². The number of hydrogen-bond acceptors (Lipinski definition) is 3. The maximum atomic E-state index is 13.0. The number of aromatic nitrogens is 3. The number of benzene rings is 2. The minimum absolute atomic E-state index is 0.0144. The molecule has 1 aromatic heterocycles. The van der Waals surface area contributed by atoms with E-state index in [-0.39, 0.29) is 24.2 Å². The molecule has 1 atom stereocenters. The van der Waals surface area contributed by atoms with Crippen LogP contribution >= 0.6 is 0 Å². The van der Waals surface area contributed by atoms with Crippen LogP contribution < -0.4 is 0 Å². The Morgan fingerprint density at radius 1 is 1.16 bits per heavy atom. The summed E-state index contributed by atoms with van der Waals surface area (Å²) in [6.45, 7) is 1.98. The number of carbonyl (C=O) groups is 1. The van der Waals surface area contributed by atoms with E-state index in [0.29, 0.717) is 0 Å². The van der Waals surface area contributed by atoms with Crippen molar-refractivity contribution >= 4 is 5.91 Å². The third-order valence-electron chi connectivity index (χ3n) is 4.30. The summed E-state index contributed by atoms with van der Waals surface area (Å²) >= 11 is 0. The highest BCUT2D eigenvalue weighted by Crippen LogP contribution is 2.21. The maximum Gasteiger partial charge on any atom is 0.227 e. The second kappa shape index (κ2) is 7.25. The molecule has 5 nitrogen and oxygen atoms in total. The van der Waals surface area contributed by atoms with Gasteiger partial charge >= 0.3 is 0 Å². The van der Waals surface area contributed by atoms with Gasteiger partial charge < -0.3 is 4.90 Å². The van der Waals surface area contributed by atoms with Gasteiger partial charge in [0.05, 0.1) is 18.2 Å². The van der Waals surface area contributed by atoms with Crippen molar-refractivity contribution in [3.05, 3.63) is 78.1 Å². The molecular weight excluding hydrogens is 319 g/mol. The quantitative estimate of drug-likeness (QED) is 0.718. The SMILES string of the molecule is C[C@@H](c1ccc(-n2cncn2)cc1)N(C)C(=O)Cc1ccc(F)cc1. The van der Waals surface area contributed by atoms with Crippen molar-refractivity contribution in [2.45, 2.75) is 19.4 Å². The van der Waals surface area contributed by atoms with Gasteiger partial charge in [0.15, 0.2) is 0 Å². The van der Waals surface area contributed by atoms with Gasteiger partial charge in [-0.15, -0.1) is 0 Å². The van der Waals surface area contributed by atoms with Crippen LogP contribution in [0.3, 0.4) is 0 Å². The lowest BCUT2D eigenvalue weighted by atomic mass is 10.1. The fraction of sp³-hybridized carbons (Fsp3) is 0.211. The maximum absolute atomic E-state index is 13.0. The monoisotopic (exact) mass is 338 g/mol. The molecule has 0 unspecified atom stereocenters. The van der Waals surface area contributed by atoms with Crippen LogP contribution in [-0.2, 0) is 11.2 Å². The van der Waals surface area contributed by atoms with Crippen molar-refractivity contribution in [1.29, 1.82) is 0 Å². The minimum atomic E-state index is -0.301. The van der Waals surface area contributed by atoms with Gasteiger partial charge in [-0.25, -0.2) is 14.1 Å². The summed E-state index contributed by atoms with van der Waals surface area (Å²) in [5, 5.41) is 4.09. The first kappa shape index (κ1) is 16.8. The molecule has 1 heterocycles. The fourth-order valence-corrected chi connectivity index (χ4v) is 2.59. The van der Waals surface area contributed by atoms with Crippen LogP contribution in [0.1, 0.15) is 24.1 Å². The number of carbonyl (C=O) groups excluding carboxylic acids is 1. The highest BCUT2D eigenvalue weighted by atomic mass is 19.1. The van der Waals surface area contributed by atoms with E-state index in [0.717, 1.165) is 16.8 Å². The molecule has 128 valence electrons. The second-order valence-corrected chi connectivity index (χ2v) is 5.92. The van der Waals surface area contributed by atoms with E-state index in [1.807, 2.05) is 31.2 Å². The smallest absolute Gasteiger partial charge is 0.227 e. The van der Waals surface area contributed by atoms with Crippen molar-refractivity contribution < 1.29 is 9.18 Å².